The number of pyridine rings is 1. The molecule has 0 aliphatic heterocycles. The van der Waals surface area contributed by atoms with Crippen molar-refractivity contribution < 1.29 is 9.50 Å². The van der Waals surface area contributed by atoms with Crippen LogP contribution in [0.2, 0.25) is 0 Å². The zero-order valence-corrected chi connectivity index (χ0v) is 10.7. The molecule has 0 amide bonds. The Bertz CT molecular complexity index is 541. The Morgan fingerprint density at radius 3 is 2.56 bits per heavy atom. The van der Waals surface area contributed by atoms with Gasteiger partial charge in [-0.1, -0.05) is 12.1 Å². The highest BCUT2D eigenvalue weighted by Crippen LogP contribution is 2.33. The van der Waals surface area contributed by atoms with Crippen molar-refractivity contribution in [3.8, 4) is 0 Å². The number of aryl methyl sites for hydroxylation is 2. The molecular formula is C15H16FNO. The molecule has 3 heteroatoms. The molecule has 0 fully saturated rings. The van der Waals surface area contributed by atoms with E-state index in [1.807, 2.05) is 13.0 Å². The molecular weight excluding hydrogens is 229 g/mol. The first-order valence-electron chi connectivity index (χ1n) is 5.83. The first kappa shape index (κ1) is 12.7. The highest BCUT2D eigenvalue weighted by atomic mass is 19.1. The van der Waals surface area contributed by atoms with E-state index in [2.05, 4.69) is 4.98 Å². The van der Waals surface area contributed by atoms with Crippen molar-refractivity contribution in [3.05, 3.63) is 64.7 Å². The fourth-order valence-corrected chi connectivity index (χ4v) is 2.33. The van der Waals surface area contributed by atoms with Gasteiger partial charge < -0.3 is 5.11 Å². The van der Waals surface area contributed by atoms with E-state index >= 15 is 0 Å². The molecule has 1 heterocycles. The van der Waals surface area contributed by atoms with Gasteiger partial charge in [0, 0.05) is 23.5 Å². The predicted molar refractivity (Wildman–Crippen MR) is 68.8 cm³/mol. The average molecular weight is 245 g/mol. The zero-order valence-electron chi connectivity index (χ0n) is 10.7. The summed E-state index contributed by atoms with van der Waals surface area (Å²) in [5.41, 5.74) is 1.09. The van der Waals surface area contributed by atoms with Crippen LogP contribution in [0.15, 0.2) is 36.7 Å². The van der Waals surface area contributed by atoms with Crippen LogP contribution in [0, 0.1) is 19.7 Å². The first-order valence-corrected chi connectivity index (χ1v) is 5.83. The minimum atomic E-state index is -1.38. The van der Waals surface area contributed by atoms with E-state index in [4.69, 9.17) is 0 Å². The monoisotopic (exact) mass is 245 g/mol. The predicted octanol–water partition coefficient (Wildman–Crippen LogP) is 3.09. The minimum Gasteiger partial charge on any atom is -0.381 e. The van der Waals surface area contributed by atoms with Crippen molar-refractivity contribution in [2.24, 2.45) is 0 Å². The SMILES string of the molecule is Cc1cc(C)c(C(C)(O)c2cccnc2)c(F)c1. The van der Waals surface area contributed by atoms with Crippen LogP contribution in [0.25, 0.3) is 0 Å². The summed E-state index contributed by atoms with van der Waals surface area (Å²) >= 11 is 0. The van der Waals surface area contributed by atoms with E-state index in [1.165, 1.54) is 6.07 Å². The molecule has 1 aromatic carbocycles. The number of halogens is 1. The van der Waals surface area contributed by atoms with Crippen LogP contribution < -0.4 is 0 Å². The van der Waals surface area contributed by atoms with E-state index in [0.717, 1.165) is 11.1 Å². The highest BCUT2D eigenvalue weighted by molar-refractivity contribution is 5.41. The molecule has 0 spiro atoms. The molecule has 18 heavy (non-hydrogen) atoms. The Labute approximate surface area is 106 Å². The lowest BCUT2D eigenvalue weighted by molar-refractivity contribution is 0.0968. The summed E-state index contributed by atoms with van der Waals surface area (Å²) in [6.07, 6.45) is 3.18. The quantitative estimate of drug-likeness (QED) is 0.882. The van der Waals surface area contributed by atoms with Crippen LogP contribution in [-0.2, 0) is 5.60 Å². The maximum atomic E-state index is 14.1. The van der Waals surface area contributed by atoms with Gasteiger partial charge in [-0.15, -0.1) is 0 Å². The van der Waals surface area contributed by atoms with Crippen LogP contribution >= 0.6 is 0 Å². The Morgan fingerprint density at radius 2 is 2.00 bits per heavy atom. The van der Waals surface area contributed by atoms with Crippen molar-refractivity contribution in [1.82, 2.24) is 4.98 Å². The third-order valence-corrected chi connectivity index (χ3v) is 3.14. The summed E-state index contributed by atoms with van der Waals surface area (Å²) in [5.74, 6) is -0.388. The van der Waals surface area contributed by atoms with Gasteiger partial charge in [0.05, 0.1) is 0 Å². The largest absolute Gasteiger partial charge is 0.381 e. The number of aromatic nitrogens is 1. The lowest BCUT2D eigenvalue weighted by atomic mass is 9.85. The van der Waals surface area contributed by atoms with Crippen molar-refractivity contribution in [2.75, 3.05) is 0 Å². The average Bonchev–Trinajstić information content (AvgIpc) is 2.28. The van der Waals surface area contributed by atoms with Gasteiger partial charge in [-0.2, -0.15) is 0 Å². The third-order valence-electron chi connectivity index (χ3n) is 3.14. The molecule has 1 aromatic heterocycles. The topological polar surface area (TPSA) is 33.1 Å². The zero-order chi connectivity index (χ0) is 13.3. The molecule has 0 radical (unpaired) electrons. The van der Waals surface area contributed by atoms with E-state index in [0.29, 0.717) is 11.1 Å². The smallest absolute Gasteiger partial charge is 0.130 e. The molecule has 2 rings (SSSR count). The molecule has 0 bridgehead atoms. The minimum absolute atomic E-state index is 0.307. The number of aliphatic hydroxyl groups is 1. The molecule has 0 aliphatic rings. The second-order valence-electron chi connectivity index (χ2n) is 4.75. The van der Waals surface area contributed by atoms with Crippen LogP contribution in [0.4, 0.5) is 4.39 Å². The maximum absolute atomic E-state index is 14.1. The van der Waals surface area contributed by atoms with Gasteiger partial charge in [0.1, 0.15) is 11.4 Å². The maximum Gasteiger partial charge on any atom is 0.130 e. The van der Waals surface area contributed by atoms with Crippen molar-refractivity contribution >= 4 is 0 Å². The summed E-state index contributed by atoms with van der Waals surface area (Å²) in [7, 11) is 0. The molecule has 1 unspecified atom stereocenters. The van der Waals surface area contributed by atoms with Gasteiger partial charge >= 0.3 is 0 Å². The first-order chi connectivity index (χ1) is 8.43. The Hall–Kier alpha value is -1.74. The van der Waals surface area contributed by atoms with Gasteiger partial charge in [0.2, 0.25) is 0 Å². The molecule has 94 valence electrons. The van der Waals surface area contributed by atoms with Gasteiger partial charge in [-0.3, -0.25) is 4.98 Å². The number of rotatable bonds is 2. The summed E-state index contributed by atoms with van der Waals surface area (Å²) < 4.78 is 14.1. The standard InChI is InChI=1S/C15H16FNO/c1-10-7-11(2)14(13(16)8-10)15(3,18)12-5-4-6-17-9-12/h4-9,18H,1-3H3. The lowest BCUT2D eigenvalue weighted by Crippen LogP contribution is -2.26. The second-order valence-corrected chi connectivity index (χ2v) is 4.75. The number of benzene rings is 1. The van der Waals surface area contributed by atoms with Gasteiger partial charge in [0.25, 0.3) is 0 Å². The fourth-order valence-electron chi connectivity index (χ4n) is 2.33. The molecule has 0 saturated carbocycles. The van der Waals surface area contributed by atoms with E-state index in [9.17, 15) is 9.50 Å². The summed E-state index contributed by atoms with van der Waals surface area (Å²) in [6.45, 7) is 5.22. The van der Waals surface area contributed by atoms with E-state index in [-0.39, 0.29) is 5.82 Å². The number of nitrogens with zero attached hydrogens (tertiary/aromatic N) is 1. The highest BCUT2D eigenvalue weighted by Gasteiger charge is 2.30. The van der Waals surface area contributed by atoms with Gasteiger partial charge in [-0.05, 0) is 44.0 Å². The summed E-state index contributed by atoms with van der Waals surface area (Å²) in [5, 5.41) is 10.6. The van der Waals surface area contributed by atoms with E-state index in [1.54, 1.807) is 38.4 Å². The normalized spacial score (nSPS) is 14.3. The Morgan fingerprint density at radius 1 is 1.28 bits per heavy atom. The van der Waals surface area contributed by atoms with Crippen LogP contribution in [0.1, 0.15) is 29.2 Å². The van der Waals surface area contributed by atoms with Crippen LogP contribution in [0.3, 0.4) is 0 Å². The van der Waals surface area contributed by atoms with Crippen molar-refractivity contribution in [3.63, 3.8) is 0 Å². The molecule has 0 aliphatic carbocycles. The number of hydrogen-bond donors (Lipinski definition) is 1. The fraction of sp³-hybridized carbons (Fsp3) is 0.267. The Balaban J connectivity index is 2.61. The third kappa shape index (κ3) is 2.14. The lowest BCUT2D eigenvalue weighted by Gasteiger charge is -2.26. The molecule has 0 saturated heterocycles. The number of hydrogen-bond acceptors (Lipinski definition) is 2. The van der Waals surface area contributed by atoms with Crippen LogP contribution in [-0.4, -0.2) is 10.1 Å². The van der Waals surface area contributed by atoms with Gasteiger partial charge in [-0.25, -0.2) is 4.39 Å². The Kier molecular flexibility index (Phi) is 3.18. The molecule has 2 nitrogen and oxygen atoms in total. The van der Waals surface area contributed by atoms with Crippen molar-refractivity contribution in [1.29, 1.82) is 0 Å². The van der Waals surface area contributed by atoms with Crippen molar-refractivity contribution in [2.45, 2.75) is 26.4 Å². The molecule has 1 N–H and O–H groups in total. The summed E-state index contributed by atoms with van der Waals surface area (Å²) in [4.78, 5) is 3.97. The van der Waals surface area contributed by atoms with E-state index < -0.39 is 5.60 Å². The van der Waals surface area contributed by atoms with Crippen LogP contribution in [0.5, 0.6) is 0 Å². The second kappa shape index (κ2) is 4.50. The molecule has 1 atom stereocenters. The van der Waals surface area contributed by atoms with Gasteiger partial charge in [0.15, 0.2) is 0 Å². The molecule has 2 aromatic rings. The summed E-state index contributed by atoms with van der Waals surface area (Å²) in [6, 6.07) is 6.77.